The minimum atomic E-state index is -0.247. The van der Waals surface area contributed by atoms with Gasteiger partial charge in [0.15, 0.2) is 0 Å². The highest BCUT2D eigenvalue weighted by Crippen LogP contribution is 2.20. The summed E-state index contributed by atoms with van der Waals surface area (Å²) >= 11 is 0. The van der Waals surface area contributed by atoms with Gasteiger partial charge in [-0.05, 0) is 26.3 Å². The van der Waals surface area contributed by atoms with E-state index in [-0.39, 0.29) is 23.9 Å². The highest BCUT2D eigenvalue weighted by molar-refractivity contribution is 5.75. The Morgan fingerprint density at radius 2 is 2.00 bits per heavy atom. The van der Waals surface area contributed by atoms with Gasteiger partial charge < -0.3 is 16.2 Å². The average molecular weight is 280 g/mol. The number of likely N-dealkylation sites (tertiary alicyclic amines) is 1. The minimum Gasteiger partial charge on any atom is -0.465 e. The number of carbonyl (C=O) groups is 1. The normalized spacial score (nSPS) is 19.8. The number of rotatable bonds is 4. The molecular weight excluding hydrogens is 260 g/mol. The first-order valence-electron chi connectivity index (χ1n) is 6.76. The smallest absolute Gasteiger partial charge is 0.323 e. The lowest BCUT2D eigenvalue weighted by molar-refractivity contribution is -0.151. The Morgan fingerprint density at radius 1 is 1.30 bits per heavy atom. The number of carbonyl (C=O) groups excluding carboxylic acids is 1. The molecule has 8 heteroatoms. The number of hydrogen-bond acceptors (Lipinski definition) is 8. The van der Waals surface area contributed by atoms with Crippen LogP contribution in [0.15, 0.2) is 0 Å². The summed E-state index contributed by atoms with van der Waals surface area (Å²) < 4.78 is 5.11. The predicted molar refractivity (Wildman–Crippen MR) is 73.3 cm³/mol. The van der Waals surface area contributed by atoms with Gasteiger partial charge in [-0.25, -0.2) is 0 Å². The average Bonchev–Trinajstić information content (AvgIpc) is 2.38. The number of hydrogen-bond donors (Lipinski definition) is 2. The van der Waals surface area contributed by atoms with E-state index in [0.717, 1.165) is 25.8 Å². The van der Waals surface area contributed by atoms with Crippen LogP contribution in [0.1, 0.15) is 32.0 Å². The van der Waals surface area contributed by atoms with Gasteiger partial charge in [-0.2, -0.15) is 15.0 Å². The van der Waals surface area contributed by atoms with E-state index in [9.17, 15) is 4.79 Å². The van der Waals surface area contributed by atoms with Crippen molar-refractivity contribution in [1.29, 1.82) is 0 Å². The van der Waals surface area contributed by atoms with Gasteiger partial charge in [0.25, 0.3) is 0 Å². The molecule has 1 aromatic heterocycles. The van der Waals surface area contributed by atoms with E-state index in [2.05, 4.69) is 15.0 Å². The van der Waals surface area contributed by atoms with Gasteiger partial charge >= 0.3 is 5.97 Å². The standard InChI is InChI=1S/C12H20N6O2/c1-2-20-10(19)8-5-3-4-6-18(8)7-9-15-11(13)17-12(14)16-9/h8H,2-7H2,1H3,(H4,13,14,15,16,17). The molecule has 1 fully saturated rings. The number of ether oxygens (including phenoxy) is 1. The maximum Gasteiger partial charge on any atom is 0.323 e. The number of nitrogen functional groups attached to an aromatic ring is 2. The summed E-state index contributed by atoms with van der Waals surface area (Å²) in [6.45, 7) is 3.41. The van der Waals surface area contributed by atoms with E-state index >= 15 is 0 Å². The van der Waals surface area contributed by atoms with Gasteiger partial charge in [0.1, 0.15) is 11.9 Å². The lowest BCUT2D eigenvalue weighted by Gasteiger charge is -2.33. The highest BCUT2D eigenvalue weighted by Gasteiger charge is 2.30. The molecule has 20 heavy (non-hydrogen) atoms. The summed E-state index contributed by atoms with van der Waals surface area (Å²) in [6, 6.07) is -0.247. The zero-order chi connectivity index (χ0) is 14.5. The van der Waals surface area contributed by atoms with Crippen molar-refractivity contribution in [1.82, 2.24) is 19.9 Å². The van der Waals surface area contributed by atoms with Gasteiger partial charge in [-0.15, -0.1) is 0 Å². The van der Waals surface area contributed by atoms with E-state index in [1.807, 2.05) is 4.90 Å². The maximum absolute atomic E-state index is 12.0. The summed E-state index contributed by atoms with van der Waals surface area (Å²) in [6.07, 6.45) is 2.84. The van der Waals surface area contributed by atoms with Crippen LogP contribution in [0.2, 0.25) is 0 Å². The third-order valence-corrected chi connectivity index (χ3v) is 3.23. The van der Waals surface area contributed by atoms with Gasteiger partial charge in [-0.1, -0.05) is 6.42 Å². The second kappa shape index (κ2) is 6.47. The molecule has 1 aromatic rings. The first-order chi connectivity index (χ1) is 9.60. The van der Waals surface area contributed by atoms with E-state index < -0.39 is 0 Å². The molecule has 1 aliphatic heterocycles. The second-order valence-electron chi connectivity index (χ2n) is 4.70. The molecule has 0 amide bonds. The molecule has 0 aromatic carbocycles. The van der Waals surface area contributed by atoms with Crippen molar-refractivity contribution in [3.63, 3.8) is 0 Å². The summed E-state index contributed by atoms with van der Waals surface area (Å²) in [7, 11) is 0. The van der Waals surface area contributed by atoms with Crippen LogP contribution in [0.3, 0.4) is 0 Å². The van der Waals surface area contributed by atoms with Crippen molar-refractivity contribution < 1.29 is 9.53 Å². The van der Waals surface area contributed by atoms with Crippen LogP contribution in [-0.4, -0.2) is 45.0 Å². The number of aromatic nitrogens is 3. The zero-order valence-corrected chi connectivity index (χ0v) is 11.6. The van der Waals surface area contributed by atoms with Crippen LogP contribution in [-0.2, 0) is 16.1 Å². The Kier molecular flexibility index (Phi) is 4.67. The molecule has 110 valence electrons. The Bertz CT molecular complexity index is 461. The Balaban J connectivity index is 2.10. The summed E-state index contributed by atoms with van der Waals surface area (Å²) in [5.41, 5.74) is 11.1. The van der Waals surface area contributed by atoms with Crippen LogP contribution < -0.4 is 11.5 Å². The Labute approximate surface area is 117 Å². The summed E-state index contributed by atoms with van der Waals surface area (Å²) in [5, 5.41) is 0. The molecule has 0 bridgehead atoms. The zero-order valence-electron chi connectivity index (χ0n) is 11.6. The van der Waals surface area contributed by atoms with Crippen molar-refractivity contribution in [2.45, 2.75) is 38.8 Å². The van der Waals surface area contributed by atoms with Crippen molar-refractivity contribution in [3.05, 3.63) is 5.82 Å². The number of esters is 1. The quantitative estimate of drug-likeness (QED) is 0.737. The molecule has 0 aliphatic carbocycles. The fourth-order valence-corrected chi connectivity index (χ4v) is 2.39. The molecule has 2 heterocycles. The maximum atomic E-state index is 12.0. The fraction of sp³-hybridized carbons (Fsp3) is 0.667. The SMILES string of the molecule is CCOC(=O)C1CCCCN1Cc1nc(N)nc(N)n1. The van der Waals surface area contributed by atoms with Crippen LogP contribution in [0.4, 0.5) is 11.9 Å². The Hall–Kier alpha value is -1.96. The topological polar surface area (TPSA) is 120 Å². The number of piperidine rings is 1. The fourth-order valence-electron chi connectivity index (χ4n) is 2.39. The molecule has 1 unspecified atom stereocenters. The second-order valence-corrected chi connectivity index (χ2v) is 4.70. The summed E-state index contributed by atoms with van der Waals surface area (Å²) in [4.78, 5) is 25.8. The van der Waals surface area contributed by atoms with Gasteiger partial charge in [0.2, 0.25) is 11.9 Å². The summed E-state index contributed by atoms with van der Waals surface area (Å²) in [5.74, 6) is 0.475. The molecule has 0 spiro atoms. The van der Waals surface area contributed by atoms with E-state index in [4.69, 9.17) is 16.2 Å². The van der Waals surface area contributed by atoms with Crippen molar-refractivity contribution in [2.24, 2.45) is 0 Å². The first kappa shape index (κ1) is 14.4. The number of nitrogens with two attached hydrogens (primary N) is 2. The first-order valence-corrected chi connectivity index (χ1v) is 6.76. The van der Waals surface area contributed by atoms with Crippen LogP contribution in [0.5, 0.6) is 0 Å². The molecule has 1 atom stereocenters. The molecule has 4 N–H and O–H groups in total. The van der Waals surface area contributed by atoms with Crippen molar-refractivity contribution in [2.75, 3.05) is 24.6 Å². The lowest BCUT2D eigenvalue weighted by Crippen LogP contribution is -2.45. The van der Waals surface area contributed by atoms with Crippen LogP contribution >= 0.6 is 0 Å². The lowest BCUT2D eigenvalue weighted by atomic mass is 10.0. The van der Waals surface area contributed by atoms with E-state index in [1.165, 1.54) is 0 Å². The molecule has 8 nitrogen and oxygen atoms in total. The largest absolute Gasteiger partial charge is 0.465 e. The van der Waals surface area contributed by atoms with Gasteiger partial charge in [0, 0.05) is 0 Å². The Morgan fingerprint density at radius 3 is 2.65 bits per heavy atom. The number of nitrogens with zero attached hydrogens (tertiary/aromatic N) is 4. The van der Waals surface area contributed by atoms with Crippen molar-refractivity contribution >= 4 is 17.9 Å². The monoisotopic (exact) mass is 280 g/mol. The van der Waals surface area contributed by atoms with Gasteiger partial charge in [-0.3, -0.25) is 9.69 Å². The van der Waals surface area contributed by atoms with Gasteiger partial charge in [0.05, 0.1) is 13.2 Å². The minimum absolute atomic E-state index is 0.0946. The molecule has 0 radical (unpaired) electrons. The van der Waals surface area contributed by atoms with E-state index in [0.29, 0.717) is 19.0 Å². The number of anilines is 2. The van der Waals surface area contributed by atoms with Crippen LogP contribution in [0, 0.1) is 0 Å². The molecule has 1 saturated heterocycles. The van der Waals surface area contributed by atoms with Crippen molar-refractivity contribution in [3.8, 4) is 0 Å². The predicted octanol–water partition coefficient (Wildman–Crippen LogP) is -0.0464. The third-order valence-electron chi connectivity index (χ3n) is 3.23. The molecule has 1 aliphatic rings. The molecule has 2 rings (SSSR count). The van der Waals surface area contributed by atoms with E-state index in [1.54, 1.807) is 6.92 Å². The molecule has 0 saturated carbocycles. The van der Waals surface area contributed by atoms with Crippen LogP contribution in [0.25, 0.3) is 0 Å². The highest BCUT2D eigenvalue weighted by atomic mass is 16.5. The third kappa shape index (κ3) is 3.53. The molecular formula is C12H20N6O2.